The molecule has 0 aliphatic carbocycles. The van der Waals surface area contributed by atoms with E-state index in [0.717, 1.165) is 18.5 Å². The first-order valence-corrected chi connectivity index (χ1v) is 9.41. The van der Waals surface area contributed by atoms with Gasteiger partial charge >= 0.3 is 0 Å². The van der Waals surface area contributed by atoms with Gasteiger partial charge in [-0.3, -0.25) is 14.5 Å². The number of hydrogen-bond donors (Lipinski definition) is 1. The smallest absolute Gasteiger partial charge is 0.269 e. The van der Waals surface area contributed by atoms with Crippen molar-refractivity contribution in [1.82, 2.24) is 20.1 Å². The molecule has 6 nitrogen and oxygen atoms in total. The monoisotopic (exact) mass is 356 g/mol. The molecule has 3 heterocycles. The van der Waals surface area contributed by atoms with E-state index in [0.29, 0.717) is 31.4 Å². The summed E-state index contributed by atoms with van der Waals surface area (Å²) in [7, 11) is 0. The average Bonchev–Trinajstić information content (AvgIpc) is 3.22. The molecule has 2 aromatic heterocycles. The van der Waals surface area contributed by atoms with Crippen LogP contribution in [-0.4, -0.2) is 39.9 Å². The first-order valence-electron chi connectivity index (χ1n) is 9.41. The maximum atomic E-state index is 12.8. The minimum Gasteiger partial charge on any atom is -0.379 e. The third kappa shape index (κ3) is 4.49. The van der Waals surface area contributed by atoms with Crippen molar-refractivity contribution in [3.05, 3.63) is 47.5 Å². The fourth-order valence-corrected chi connectivity index (χ4v) is 3.44. The Morgan fingerprint density at radius 2 is 2.12 bits per heavy atom. The minimum absolute atomic E-state index is 0.0180. The second kappa shape index (κ2) is 8.45. The second-order valence-electron chi connectivity index (χ2n) is 7.37. The third-order valence-corrected chi connectivity index (χ3v) is 4.74. The molecule has 2 aromatic rings. The molecule has 0 saturated carbocycles. The molecule has 1 fully saturated rings. The van der Waals surface area contributed by atoms with E-state index >= 15 is 0 Å². The first kappa shape index (κ1) is 18.6. The molecule has 1 amide bonds. The molecule has 3 rings (SSSR count). The fourth-order valence-electron chi connectivity index (χ4n) is 3.44. The van der Waals surface area contributed by atoms with E-state index in [2.05, 4.69) is 29.2 Å². The van der Waals surface area contributed by atoms with E-state index in [1.54, 1.807) is 17.1 Å². The summed E-state index contributed by atoms with van der Waals surface area (Å²) < 4.78 is 7.43. The molecule has 140 valence electrons. The number of nitrogens with zero attached hydrogens (tertiary/aromatic N) is 3. The minimum atomic E-state index is -0.0652. The summed E-state index contributed by atoms with van der Waals surface area (Å²) in [4.78, 5) is 16.9. The lowest BCUT2D eigenvalue weighted by Gasteiger charge is -2.19. The first-order chi connectivity index (χ1) is 12.6. The number of nitrogens with one attached hydrogen (secondary N) is 1. The highest BCUT2D eigenvalue weighted by molar-refractivity contribution is 5.93. The predicted molar refractivity (Wildman–Crippen MR) is 99.9 cm³/mol. The zero-order chi connectivity index (χ0) is 18.5. The largest absolute Gasteiger partial charge is 0.379 e. The molecule has 0 aromatic carbocycles. The van der Waals surface area contributed by atoms with Gasteiger partial charge in [0, 0.05) is 24.9 Å². The van der Waals surface area contributed by atoms with E-state index in [9.17, 15) is 4.79 Å². The van der Waals surface area contributed by atoms with E-state index in [1.165, 1.54) is 5.56 Å². The van der Waals surface area contributed by atoms with Crippen LogP contribution in [0.5, 0.6) is 0 Å². The fraction of sp³-hybridized carbons (Fsp3) is 0.550. The van der Waals surface area contributed by atoms with Gasteiger partial charge in [0.1, 0.15) is 5.69 Å². The number of carbonyl (C=O) groups is 1. The Morgan fingerprint density at radius 3 is 2.81 bits per heavy atom. The standard InChI is InChI=1S/C20H28N4O2/c1-4-24-19(11-17(23-24)9-14(2)3)20(25)22-18-13-26-12-16(18)10-15-5-7-21-8-6-15/h5-8,11,14,16,18H,4,9-10,12-13H2,1-3H3,(H,22,25)/t16-,18-/m1/s1. The van der Waals surface area contributed by atoms with Gasteiger partial charge in [0.2, 0.25) is 0 Å². The van der Waals surface area contributed by atoms with Crippen LogP contribution < -0.4 is 5.32 Å². The number of carbonyl (C=O) groups excluding carboxylic acids is 1. The van der Waals surface area contributed by atoms with Crippen molar-refractivity contribution >= 4 is 5.91 Å². The van der Waals surface area contributed by atoms with Crippen LogP contribution in [0.15, 0.2) is 30.6 Å². The van der Waals surface area contributed by atoms with Crippen molar-refractivity contribution in [1.29, 1.82) is 0 Å². The number of aryl methyl sites for hydroxylation is 1. The Labute approximate surface area is 155 Å². The summed E-state index contributed by atoms with van der Waals surface area (Å²) in [5.41, 5.74) is 2.83. The van der Waals surface area contributed by atoms with Gasteiger partial charge in [-0.15, -0.1) is 0 Å². The summed E-state index contributed by atoms with van der Waals surface area (Å²) in [5, 5.41) is 7.74. The highest BCUT2D eigenvalue weighted by Crippen LogP contribution is 2.20. The Bertz CT molecular complexity index is 727. The van der Waals surface area contributed by atoms with E-state index in [1.807, 2.05) is 25.1 Å². The number of amides is 1. The Balaban J connectivity index is 1.67. The summed E-state index contributed by atoms with van der Waals surface area (Å²) in [5.74, 6) is 0.721. The zero-order valence-electron chi connectivity index (χ0n) is 15.8. The van der Waals surface area contributed by atoms with Gasteiger partial charge in [-0.2, -0.15) is 5.10 Å². The van der Waals surface area contributed by atoms with Crippen LogP contribution in [0.4, 0.5) is 0 Å². The average molecular weight is 356 g/mol. The van der Waals surface area contributed by atoms with Gasteiger partial charge < -0.3 is 10.1 Å². The number of hydrogen-bond acceptors (Lipinski definition) is 4. The quantitative estimate of drug-likeness (QED) is 0.827. The predicted octanol–water partition coefficient (Wildman–Crippen LogP) is 2.48. The van der Waals surface area contributed by atoms with Crippen LogP contribution in [0.2, 0.25) is 0 Å². The van der Waals surface area contributed by atoms with Crippen molar-refractivity contribution in [2.75, 3.05) is 13.2 Å². The maximum absolute atomic E-state index is 12.8. The normalized spacial score (nSPS) is 19.8. The maximum Gasteiger partial charge on any atom is 0.269 e. The van der Waals surface area contributed by atoms with Crippen molar-refractivity contribution in [3.8, 4) is 0 Å². The third-order valence-electron chi connectivity index (χ3n) is 4.74. The molecule has 0 bridgehead atoms. The summed E-state index contributed by atoms with van der Waals surface area (Å²) in [6.45, 7) is 8.23. The number of pyridine rings is 1. The van der Waals surface area contributed by atoms with E-state index < -0.39 is 0 Å². The molecule has 0 unspecified atom stereocenters. The topological polar surface area (TPSA) is 69.0 Å². The lowest BCUT2D eigenvalue weighted by Crippen LogP contribution is -2.41. The zero-order valence-corrected chi connectivity index (χ0v) is 15.8. The Kier molecular flexibility index (Phi) is 6.04. The van der Waals surface area contributed by atoms with Crippen LogP contribution in [0, 0.1) is 11.8 Å². The van der Waals surface area contributed by atoms with Gasteiger partial charge in [-0.05, 0) is 49.4 Å². The molecule has 0 radical (unpaired) electrons. The van der Waals surface area contributed by atoms with E-state index in [4.69, 9.17) is 4.74 Å². The van der Waals surface area contributed by atoms with Crippen molar-refractivity contribution < 1.29 is 9.53 Å². The van der Waals surface area contributed by atoms with Crippen molar-refractivity contribution in [3.63, 3.8) is 0 Å². The van der Waals surface area contributed by atoms with Gasteiger partial charge in [-0.25, -0.2) is 0 Å². The summed E-state index contributed by atoms with van der Waals surface area (Å²) in [6.07, 6.45) is 5.35. The molecule has 2 atom stereocenters. The van der Waals surface area contributed by atoms with Crippen LogP contribution in [0.3, 0.4) is 0 Å². The highest BCUT2D eigenvalue weighted by atomic mass is 16.5. The molecular formula is C20H28N4O2. The highest BCUT2D eigenvalue weighted by Gasteiger charge is 2.30. The lowest BCUT2D eigenvalue weighted by atomic mass is 9.95. The van der Waals surface area contributed by atoms with Crippen LogP contribution in [0.1, 0.15) is 42.5 Å². The molecular weight excluding hydrogens is 328 g/mol. The molecule has 1 N–H and O–H groups in total. The van der Waals surface area contributed by atoms with E-state index in [-0.39, 0.29) is 17.9 Å². The van der Waals surface area contributed by atoms with Crippen molar-refractivity contribution in [2.24, 2.45) is 11.8 Å². The van der Waals surface area contributed by atoms with Crippen LogP contribution in [0.25, 0.3) is 0 Å². The molecule has 1 saturated heterocycles. The van der Waals surface area contributed by atoms with Gasteiger partial charge in [0.05, 0.1) is 24.9 Å². The number of ether oxygens (including phenoxy) is 1. The molecule has 1 aliphatic rings. The Morgan fingerprint density at radius 1 is 1.35 bits per heavy atom. The SMILES string of the molecule is CCn1nc(CC(C)C)cc1C(=O)N[C@@H]1COC[C@H]1Cc1ccncc1. The van der Waals surface area contributed by atoms with Gasteiger partial charge in [-0.1, -0.05) is 13.8 Å². The second-order valence-corrected chi connectivity index (χ2v) is 7.37. The van der Waals surface area contributed by atoms with Crippen molar-refractivity contribution in [2.45, 2.75) is 46.2 Å². The van der Waals surface area contributed by atoms with Crippen LogP contribution >= 0.6 is 0 Å². The van der Waals surface area contributed by atoms with Crippen LogP contribution in [-0.2, 0) is 24.1 Å². The van der Waals surface area contributed by atoms with Gasteiger partial charge in [0.15, 0.2) is 0 Å². The molecule has 26 heavy (non-hydrogen) atoms. The van der Waals surface area contributed by atoms with Gasteiger partial charge in [0.25, 0.3) is 5.91 Å². The number of rotatable bonds is 7. The Hall–Kier alpha value is -2.21. The summed E-state index contributed by atoms with van der Waals surface area (Å²) in [6, 6.07) is 5.97. The lowest BCUT2D eigenvalue weighted by molar-refractivity contribution is 0.0914. The molecule has 1 aliphatic heterocycles. The summed E-state index contributed by atoms with van der Waals surface area (Å²) >= 11 is 0. The number of aromatic nitrogens is 3. The molecule has 0 spiro atoms. The molecule has 6 heteroatoms.